The predicted octanol–water partition coefficient (Wildman–Crippen LogP) is 4.14. The fourth-order valence-corrected chi connectivity index (χ4v) is 5.63. The number of esters is 2. The number of carbonyl (C=O) groups is 3. The highest BCUT2D eigenvalue weighted by molar-refractivity contribution is 5.76. The Kier molecular flexibility index (Phi) is 13.8. The lowest BCUT2D eigenvalue weighted by Gasteiger charge is -2.35. The summed E-state index contributed by atoms with van der Waals surface area (Å²) in [4.78, 5) is 40.9. The van der Waals surface area contributed by atoms with Gasteiger partial charge in [-0.15, -0.1) is 0 Å². The second-order valence-corrected chi connectivity index (χ2v) is 10.9. The number of benzene rings is 2. The fraction of sp³-hybridized carbons (Fsp3) is 0.545. The normalized spacial score (nSPS) is 20.7. The van der Waals surface area contributed by atoms with Crippen LogP contribution in [0.15, 0.2) is 60.7 Å². The molecule has 9 heteroatoms. The van der Waals surface area contributed by atoms with Crippen LogP contribution in [0.25, 0.3) is 0 Å². The van der Waals surface area contributed by atoms with Gasteiger partial charge >= 0.3 is 18.0 Å². The molecule has 1 aliphatic heterocycles. The first kappa shape index (κ1) is 33.1. The molecule has 0 bridgehead atoms. The lowest BCUT2D eigenvalue weighted by atomic mass is 9.91. The van der Waals surface area contributed by atoms with Crippen LogP contribution in [0.3, 0.4) is 0 Å². The zero-order valence-corrected chi connectivity index (χ0v) is 24.9. The van der Waals surface area contributed by atoms with Crippen LogP contribution in [0, 0.1) is 0 Å². The maximum Gasteiger partial charge on any atom is 0.320 e. The van der Waals surface area contributed by atoms with E-state index in [0.29, 0.717) is 64.5 Å². The molecule has 0 unspecified atom stereocenters. The van der Waals surface area contributed by atoms with Crippen LogP contribution in [-0.2, 0) is 31.9 Å². The van der Waals surface area contributed by atoms with Crippen molar-refractivity contribution in [2.45, 2.75) is 88.5 Å². The standard InChI is InChI=1S/C33H46N2O7/c1-41-29(36)19-11-5-13-21-34-27(23-25-15-7-3-8-16-25)31(38)32(39)28(24-26-17-9-4-10-18-26)35(33(34)40)22-14-6-12-20-30(37)42-2/h3-4,7-10,15-18,27-28,31-32,38-39H,5-6,11-14,19-24H2,1-2H3/t27-,28-,31+,32+/m1/s1. The highest BCUT2D eigenvalue weighted by Crippen LogP contribution is 2.28. The SMILES string of the molecule is COC(=O)CCCCCN1C(=O)N(CCCCCC(=O)OC)[C@H](Cc2ccccc2)[C@H](O)[C@@H](O)[C@H]1Cc1ccccc1. The Hall–Kier alpha value is -3.43. The first-order chi connectivity index (χ1) is 20.3. The quantitative estimate of drug-likeness (QED) is 0.226. The number of urea groups is 1. The van der Waals surface area contributed by atoms with Crippen molar-refractivity contribution in [2.24, 2.45) is 0 Å². The Morgan fingerprint density at radius 2 is 1.02 bits per heavy atom. The van der Waals surface area contributed by atoms with Gasteiger partial charge in [-0.3, -0.25) is 9.59 Å². The molecule has 2 aromatic rings. The van der Waals surface area contributed by atoms with Gasteiger partial charge in [-0.1, -0.05) is 73.5 Å². The van der Waals surface area contributed by atoms with Crippen LogP contribution in [0.1, 0.15) is 62.5 Å². The number of amides is 2. The van der Waals surface area contributed by atoms with Gasteiger partial charge in [0.15, 0.2) is 0 Å². The van der Waals surface area contributed by atoms with E-state index in [-0.39, 0.29) is 18.0 Å². The minimum Gasteiger partial charge on any atom is -0.469 e. The molecule has 0 saturated carbocycles. The first-order valence-electron chi connectivity index (χ1n) is 15.0. The predicted molar refractivity (Wildman–Crippen MR) is 160 cm³/mol. The van der Waals surface area contributed by atoms with E-state index in [2.05, 4.69) is 0 Å². The average Bonchev–Trinajstić information content (AvgIpc) is 3.07. The van der Waals surface area contributed by atoms with Crippen molar-refractivity contribution < 1.29 is 34.1 Å². The Balaban J connectivity index is 1.86. The lowest BCUT2D eigenvalue weighted by molar-refractivity contribution is -0.141. The second-order valence-electron chi connectivity index (χ2n) is 10.9. The van der Waals surface area contributed by atoms with Crippen molar-refractivity contribution in [1.82, 2.24) is 9.80 Å². The fourth-order valence-electron chi connectivity index (χ4n) is 5.63. The van der Waals surface area contributed by atoms with Crippen LogP contribution in [0.4, 0.5) is 4.79 Å². The van der Waals surface area contributed by atoms with E-state index in [1.54, 1.807) is 9.80 Å². The summed E-state index contributed by atoms with van der Waals surface area (Å²) < 4.78 is 9.48. The van der Waals surface area contributed by atoms with E-state index >= 15 is 0 Å². The van der Waals surface area contributed by atoms with Gasteiger partial charge in [-0.05, 0) is 49.7 Å². The molecule has 0 aliphatic carbocycles. The zero-order valence-electron chi connectivity index (χ0n) is 24.9. The molecule has 2 N–H and O–H groups in total. The summed E-state index contributed by atoms with van der Waals surface area (Å²) in [6.07, 6.45) is 3.12. The molecule has 0 spiro atoms. The Morgan fingerprint density at radius 1 is 0.643 bits per heavy atom. The van der Waals surface area contributed by atoms with Crippen molar-refractivity contribution in [1.29, 1.82) is 0 Å². The number of hydrogen-bond donors (Lipinski definition) is 2. The molecule has 1 aliphatic rings. The molecule has 1 fully saturated rings. The summed E-state index contributed by atoms with van der Waals surface area (Å²) in [5.74, 6) is -0.521. The summed E-state index contributed by atoms with van der Waals surface area (Å²) in [6.45, 7) is 0.774. The second kappa shape index (κ2) is 17.5. The van der Waals surface area contributed by atoms with Gasteiger partial charge in [-0.2, -0.15) is 0 Å². The largest absolute Gasteiger partial charge is 0.469 e. The monoisotopic (exact) mass is 582 g/mol. The number of aliphatic hydroxyl groups excluding tert-OH is 2. The first-order valence-corrected chi connectivity index (χ1v) is 15.0. The maximum atomic E-state index is 14.4. The Labute approximate surface area is 249 Å². The van der Waals surface area contributed by atoms with Crippen LogP contribution < -0.4 is 0 Å². The number of nitrogens with zero attached hydrogens (tertiary/aromatic N) is 2. The van der Waals surface area contributed by atoms with Crippen molar-refractivity contribution in [2.75, 3.05) is 27.3 Å². The third-order valence-corrected chi connectivity index (χ3v) is 8.02. The van der Waals surface area contributed by atoms with Gasteiger partial charge in [-0.25, -0.2) is 4.79 Å². The molecule has 3 rings (SSSR count). The molecule has 9 nitrogen and oxygen atoms in total. The summed E-state index contributed by atoms with van der Waals surface area (Å²) in [6, 6.07) is 17.9. The number of rotatable bonds is 16. The summed E-state index contributed by atoms with van der Waals surface area (Å²) >= 11 is 0. The molecule has 0 radical (unpaired) electrons. The Bertz CT molecular complexity index is 1010. The minimum absolute atomic E-state index is 0.214. The average molecular weight is 583 g/mol. The number of ether oxygens (including phenoxy) is 2. The molecule has 230 valence electrons. The van der Waals surface area contributed by atoms with Gasteiger partial charge in [0.2, 0.25) is 0 Å². The van der Waals surface area contributed by atoms with E-state index in [0.717, 1.165) is 24.0 Å². The topological polar surface area (TPSA) is 117 Å². The summed E-state index contributed by atoms with van der Waals surface area (Å²) in [5, 5.41) is 23.3. The van der Waals surface area contributed by atoms with Crippen LogP contribution >= 0.6 is 0 Å². The lowest BCUT2D eigenvalue weighted by Crippen LogP contribution is -2.51. The molecule has 2 aromatic carbocycles. The van der Waals surface area contributed by atoms with Gasteiger partial charge in [0.05, 0.1) is 26.3 Å². The maximum absolute atomic E-state index is 14.4. The van der Waals surface area contributed by atoms with Crippen LogP contribution in [0.5, 0.6) is 0 Å². The van der Waals surface area contributed by atoms with Crippen molar-refractivity contribution >= 4 is 18.0 Å². The number of unbranched alkanes of at least 4 members (excludes halogenated alkanes) is 4. The Morgan fingerprint density at radius 3 is 1.38 bits per heavy atom. The van der Waals surface area contributed by atoms with Crippen molar-refractivity contribution in [3.05, 3.63) is 71.8 Å². The van der Waals surface area contributed by atoms with E-state index in [1.807, 2.05) is 60.7 Å². The zero-order chi connectivity index (χ0) is 30.3. The van der Waals surface area contributed by atoms with E-state index in [4.69, 9.17) is 9.47 Å². The minimum atomic E-state index is -1.16. The van der Waals surface area contributed by atoms with Crippen LogP contribution in [-0.4, -0.2) is 89.6 Å². The molecule has 42 heavy (non-hydrogen) atoms. The highest BCUT2D eigenvalue weighted by atomic mass is 16.5. The number of hydrogen-bond acceptors (Lipinski definition) is 7. The molecular formula is C33H46N2O7. The molecule has 1 heterocycles. The molecule has 2 amide bonds. The van der Waals surface area contributed by atoms with Gasteiger partial charge in [0, 0.05) is 25.9 Å². The number of aliphatic hydroxyl groups is 2. The summed E-state index contributed by atoms with van der Waals surface area (Å²) in [5.41, 5.74) is 1.93. The van der Waals surface area contributed by atoms with E-state index < -0.39 is 24.3 Å². The van der Waals surface area contributed by atoms with Gasteiger partial charge in [0.25, 0.3) is 0 Å². The van der Waals surface area contributed by atoms with E-state index in [1.165, 1.54) is 14.2 Å². The van der Waals surface area contributed by atoms with E-state index in [9.17, 15) is 24.6 Å². The van der Waals surface area contributed by atoms with Crippen molar-refractivity contribution in [3.8, 4) is 0 Å². The van der Waals surface area contributed by atoms with Gasteiger partial charge < -0.3 is 29.5 Å². The molecule has 4 atom stereocenters. The van der Waals surface area contributed by atoms with Crippen molar-refractivity contribution in [3.63, 3.8) is 0 Å². The number of methoxy groups -OCH3 is 2. The highest BCUT2D eigenvalue weighted by Gasteiger charge is 2.45. The molecular weight excluding hydrogens is 536 g/mol. The van der Waals surface area contributed by atoms with Gasteiger partial charge in [0.1, 0.15) is 12.2 Å². The number of carbonyl (C=O) groups excluding carboxylic acids is 3. The summed E-state index contributed by atoms with van der Waals surface area (Å²) in [7, 11) is 2.74. The molecule has 0 aromatic heterocycles. The van der Waals surface area contributed by atoms with Crippen LogP contribution in [0.2, 0.25) is 0 Å². The smallest absolute Gasteiger partial charge is 0.320 e. The molecule has 1 saturated heterocycles. The third-order valence-electron chi connectivity index (χ3n) is 8.02. The third kappa shape index (κ3) is 9.84.